The van der Waals surface area contributed by atoms with E-state index in [1.54, 1.807) is 0 Å². The van der Waals surface area contributed by atoms with Crippen LogP contribution in [0, 0.1) is 0 Å². The number of alkyl halides is 3. The van der Waals surface area contributed by atoms with Gasteiger partial charge in [-0.1, -0.05) is 12.1 Å². The minimum absolute atomic E-state index is 0.0653. The van der Waals surface area contributed by atoms with Crippen LogP contribution in [0.15, 0.2) is 24.2 Å². The highest BCUT2D eigenvalue weighted by atomic mass is 19.4. The average Bonchev–Trinajstić information content (AvgIpc) is 2.05. The zero-order chi connectivity index (χ0) is 11.6. The molecule has 5 heteroatoms. The Kier molecular flexibility index (Phi) is 2.39. The fourth-order valence-electron chi connectivity index (χ4n) is 0.906. The highest BCUT2D eigenvalue weighted by molar-refractivity contribution is 5.70. The summed E-state index contributed by atoms with van der Waals surface area (Å²) in [6.07, 6.45) is -4.95. The minimum atomic E-state index is -4.50. The van der Waals surface area contributed by atoms with Crippen LogP contribution >= 0.6 is 0 Å². The molecule has 0 saturated heterocycles. The van der Waals surface area contributed by atoms with Crippen molar-refractivity contribution in [2.45, 2.75) is 12.6 Å². The van der Waals surface area contributed by atoms with E-state index in [1.807, 2.05) is 0 Å². The van der Waals surface area contributed by atoms with Crippen LogP contribution < -0.4 is 0 Å². The molecule has 0 aliphatic rings. The predicted octanol–water partition coefficient (Wildman–Crippen LogP) is 2.33. The van der Waals surface area contributed by atoms with Gasteiger partial charge < -0.3 is 5.11 Å². The van der Waals surface area contributed by atoms with Gasteiger partial charge in [0.25, 0.3) is 0 Å². The Morgan fingerprint density at radius 1 is 1.43 bits per heavy atom. The fraction of sp³-hybridized carbons (Fsp3) is 0.222. The van der Waals surface area contributed by atoms with E-state index in [1.165, 1.54) is 0 Å². The van der Waals surface area contributed by atoms with Gasteiger partial charge in [0.1, 0.15) is 0 Å². The van der Waals surface area contributed by atoms with Gasteiger partial charge in [0.15, 0.2) is 0 Å². The van der Waals surface area contributed by atoms with Gasteiger partial charge in [-0.15, -0.1) is 0 Å². The highest BCUT2D eigenvalue weighted by Crippen LogP contribution is 2.29. The summed E-state index contributed by atoms with van der Waals surface area (Å²) >= 11 is 0. The molecule has 1 rings (SSSR count). The zero-order valence-corrected chi connectivity index (χ0v) is 6.93. The quantitative estimate of drug-likeness (QED) is 0.804. The van der Waals surface area contributed by atoms with Crippen molar-refractivity contribution in [1.29, 1.82) is 0 Å². The van der Waals surface area contributed by atoms with Crippen LogP contribution in [-0.2, 0) is 17.4 Å². The maximum Gasteiger partial charge on any atom is 0.416 e. The largest absolute Gasteiger partial charge is 0.481 e. The fourth-order valence-corrected chi connectivity index (χ4v) is 0.906. The molecule has 76 valence electrons. The molecule has 14 heavy (non-hydrogen) atoms. The Morgan fingerprint density at radius 3 is 2.50 bits per heavy atom. The van der Waals surface area contributed by atoms with Gasteiger partial charge in [-0.2, -0.15) is 13.2 Å². The monoisotopic (exact) mass is 205 g/mol. The molecule has 0 atom stereocenters. The molecule has 1 aromatic rings. The average molecular weight is 205 g/mol. The Bertz CT molecular complexity index is 387. The molecule has 1 N–H and O–H groups in total. The van der Waals surface area contributed by atoms with Crippen molar-refractivity contribution in [3.8, 4) is 0 Å². The van der Waals surface area contributed by atoms with Crippen LogP contribution in [0.5, 0.6) is 0 Å². The lowest BCUT2D eigenvalue weighted by Gasteiger charge is -2.06. The number of hydrogen-bond acceptors (Lipinski definition) is 1. The number of hydrogen-bond donors (Lipinski definition) is 1. The van der Waals surface area contributed by atoms with Crippen molar-refractivity contribution >= 4 is 5.97 Å². The van der Waals surface area contributed by atoms with Crippen LogP contribution in [0.1, 0.15) is 12.5 Å². The molecule has 0 radical (unpaired) electrons. The van der Waals surface area contributed by atoms with E-state index in [2.05, 4.69) is 0 Å². The number of rotatable bonds is 2. The van der Waals surface area contributed by atoms with Crippen molar-refractivity contribution in [3.05, 3.63) is 35.4 Å². The number of carboxylic acids is 1. The van der Waals surface area contributed by atoms with E-state index in [4.69, 9.17) is 6.48 Å². The molecule has 0 unspecified atom stereocenters. The lowest BCUT2D eigenvalue weighted by molar-refractivity contribution is -0.137. The smallest absolute Gasteiger partial charge is 0.416 e. The second-order valence-electron chi connectivity index (χ2n) is 2.67. The van der Waals surface area contributed by atoms with Gasteiger partial charge in [-0.3, -0.25) is 4.79 Å². The first kappa shape index (κ1) is 9.05. The van der Waals surface area contributed by atoms with Gasteiger partial charge in [-0.25, -0.2) is 0 Å². The maximum atomic E-state index is 12.2. The molecule has 1 aromatic carbocycles. The van der Waals surface area contributed by atoms with Gasteiger partial charge in [0.05, 0.1) is 13.4 Å². The summed E-state index contributed by atoms with van der Waals surface area (Å²) in [5.41, 5.74) is -0.878. The van der Waals surface area contributed by atoms with Gasteiger partial charge in [0.2, 0.25) is 0 Å². The van der Waals surface area contributed by atoms with E-state index >= 15 is 0 Å². The van der Waals surface area contributed by atoms with Crippen LogP contribution in [0.3, 0.4) is 0 Å². The molecule has 0 amide bonds. The Balaban J connectivity index is 3.03. The van der Waals surface area contributed by atoms with Crippen LogP contribution in [0.2, 0.25) is 0 Å². The summed E-state index contributed by atoms with van der Waals surface area (Å²) in [6, 6.07) is 2.00. The van der Waals surface area contributed by atoms with E-state index in [0.29, 0.717) is 6.07 Å². The standard InChI is InChI=1S/C9H7F3O2/c10-9(11,12)7-3-1-6(2-4-7)5-8(13)14/h1-4H,5H2,(H,13,14)/i1D. The van der Waals surface area contributed by atoms with E-state index in [0.717, 1.165) is 12.1 Å². The van der Waals surface area contributed by atoms with Crippen molar-refractivity contribution in [2.75, 3.05) is 0 Å². The first-order chi connectivity index (χ1) is 6.80. The van der Waals surface area contributed by atoms with Crippen molar-refractivity contribution in [2.24, 2.45) is 0 Å². The van der Waals surface area contributed by atoms with Gasteiger partial charge in [-0.05, 0) is 17.7 Å². The summed E-state index contributed by atoms with van der Waals surface area (Å²) in [7, 11) is 0. The van der Waals surface area contributed by atoms with Crippen molar-refractivity contribution in [3.63, 3.8) is 0 Å². The third-order valence-electron chi connectivity index (χ3n) is 1.55. The van der Waals surface area contributed by atoms with E-state index in [9.17, 15) is 18.0 Å². The summed E-state index contributed by atoms with van der Waals surface area (Å²) < 4.78 is 43.7. The predicted molar refractivity (Wildman–Crippen MR) is 42.8 cm³/mol. The molecule has 0 fully saturated rings. The van der Waals surface area contributed by atoms with Crippen LogP contribution in [-0.4, -0.2) is 11.1 Å². The molecule has 2 nitrogen and oxygen atoms in total. The normalized spacial score (nSPS) is 12.4. The molecule has 0 spiro atoms. The number of carboxylic acid groups (broad SMARTS) is 1. The maximum absolute atomic E-state index is 12.2. The number of aliphatic carboxylic acids is 1. The minimum Gasteiger partial charge on any atom is -0.481 e. The highest BCUT2D eigenvalue weighted by Gasteiger charge is 2.29. The van der Waals surface area contributed by atoms with Crippen LogP contribution in [0.25, 0.3) is 0 Å². The Hall–Kier alpha value is -1.52. The summed E-state index contributed by atoms with van der Waals surface area (Å²) in [6.45, 7) is 0. The number of carbonyl (C=O) groups is 1. The van der Waals surface area contributed by atoms with E-state index in [-0.39, 0.29) is 5.56 Å². The molecule has 0 heterocycles. The van der Waals surface area contributed by atoms with Gasteiger partial charge >= 0.3 is 12.1 Å². The Labute approximate surface area is 79.4 Å². The third kappa shape index (κ3) is 2.76. The Morgan fingerprint density at radius 2 is 2.07 bits per heavy atom. The molecule has 0 aliphatic carbocycles. The first-order valence-corrected chi connectivity index (χ1v) is 3.69. The summed E-state index contributed by atoms with van der Waals surface area (Å²) in [4.78, 5) is 10.3. The molecule has 0 saturated carbocycles. The summed E-state index contributed by atoms with van der Waals surface area (Å²) in [5.74, 6) is -1.18. The first-order valence-electron chi connectivity index (χ1n) is 4.19. The summed E-state index contributed by atoms with van der Waals surface area (Å²) in [5, 5.41) is 8.41. The molecule has 0 aliphatic heterocycles. The molecular formula is C9H7F3O2. The molecular weight excluding hydrogens is 197 g/mol. The lowest BCUT2D eigenvalue weighted by atomic mass is 10.1. The lowest BCUT2D eigenvalue weighted by Crippen LogP contribution is -2.05. The van der Waals surface area contributed by atoms with Gasteiger partial charge in [0, 0.05) is 0 Å². The molecule has 0 bridgehead atoms. The second kappa shape index (κ2) is 3.69. The third-order valence-corrected chi connectivity index (χ3v) is 1.55. The topological polar surface area (TPSA) is 37.3 Å². The van der Waals surface area contributed by atoms with E-state index < -0.39 is 30.2 Å². The zero-order valence-electron chi connectivity index (χ0n) is 7.93. The SMILES string of the molecule is [2H]c1cc(C(F)(F)F)ccc1CC(=O)O. The van der Waals surface area contributed by atoms with Crippen molar-refractivity contribution in [1.82, 2.24) is 0 Å². The number of benzene rings is 1. The second-order valence-corrected chi connectivity index (χ2v) is 2.67. The molecule has 0 aromatic heterocycles. The van der Waals surface area contributed by atoms with Crippen LogP contribution in [0.4, 0.5) is 13.2 Å². The van der Waals surface area contributed by atoms with Crippen molar-refractivity contribution < 1.29 is 24.4 Å². The number of halogens is 3.